The number of benzene rings is 1. The maximum Gasteiger partial charge on any atom is 0.322 e. The second-order valence-corrected chi connectivity index (χ2v) is 5.35. The van der Waals surface area contributed by atoms with Gasteiger partial charge in [-0.2, -0.15) is 0 Å². The van der Waals surface area contributed by atoms with Gasteiger partial charge in [0.15, 0.2) is 0 Å². The third-order valence-corrected chi connectivity index (χ3v) is 3.81. The van der Waals surface area contributed by atoms with E-state index in [0.717, 1.165) is 24.2 Å². The fourth-order valence-electron chi connectivity index (χ4n) is 2.80. The Morgan fingerprint density at radius 1 is 1.29 bits per heavy atom. The molecule has 108 valence electrons. The second-order valence-electron chi connectivity index (χ2n) is 5.35. The summed E-state index contributed by atoms with van der Waals surface area (Å²) >= 11 is 0. The van der Waals surface area contributed by atoms with E-state index in [9.17, 15) is 4.79 Å². The van der Waals surface area contributed by atoms with Gasteiger partial charge in [0.2, 0.25) is 0 Å². The maximum absolute atomic E-state index is 12.4. The number of rotatable bonds is 3. The van der Waals surface area contributed by atoms with Gasteiger partial charge in [-0.3, -0.25) is 9.88 Å². The fourth-order valence-corrected chi connectivity index (χ4v) is 2.80. The van der Waals surface area contributed by atoms with Gasteiger partial charge in [-0.25, -0.2) is 4.79 Å². The van der Waals surface area contributed by atoms with Gasteiger partial charge >= 0.3 is 6.03 Å². The smallest absolute Gasteiger partial charge is 0.322 e. The molecule has 0 saturated carbocycles. The molecular formula is C17H19N3O. The fraction of sp³-hybridized carbons (Fsp3) is 0.294. The number of carbonyl (C=O) groups excluding carboxylic acids is 1. The van der Waals surface area contributed by atoms with Crippen molar-refractivity contribution in [2.75, 3.05) is 11.4 Å². The van der Waals surface area contributed by atoms with Crippen LogP contribution in [0.2, 0.25) is 0 Å². The van der Waals surface area contributed by atoms with Crippen molar-refractivity contribution in [3.63, 3.8) is 0 Å². The van der Waals surface area contributed by atoms with Gasteiger partial charge in [0.05, 0.1) is 0 Å². The van der Waals surface area contributed by atoms with Crippen molar-refractivity contribution in [1.29, 1.82) is 0 Å². The molecule has 0 aliphatic carbocycles. The van der Waals surface area contributed by atoms with E-state index in [1.165, 1.54) is 5.56 Å². The van der Waals surface area contributed by atoms with Gasteiger partial charge in [-0.05, 0) is 37.1 Å². The molecule has 0 spiro atoms. The van der Waals surface area contributed by atoms with Crippen molar-refractivity contribution >= 4 is 11.7 Å². The van der Waals surface area contributed by atoms with Crippen LogP contribution < -0.4 is 10.2 Å². The van der Waals surface area contributed by atoms with E-state index in [0.29, 0.717) is 6.54 Å². The van der Waals surface area contributed by atoms with E-state index in [-0.39, 0.29) is 12.1 Å². The molecule has 1 N–H and O–H groups in total. The van der Waals surface area contributed by atoms with Crippen molar-refractivity contribution in [3.05, 3.63) is 59.9 Å². The van der Waals surface area contributed by atoms with Crippen molar-refractivity contribution in [2.45, 2.75) is 25.8 Å². The standard InChI is InChI=1S/C17H19N3O/c1-13-12-14-6-2-3-8-16(14)20(13)17(21)19-11-9-15-7-4-5-10-18-15/h2-8,10,13H,9,11-12H2,1H3,(H,19,21)/t13-/m1/s1. The van der Waals surface area contributed by atoms with Gasteiger partial charge in [0, 0.05) is 36.6 Å². The number of nitrogens with zero attached hydrogens (tertiary/aromatic N) is 2. The molecule has 2 heterocycles. The average molecular weight is 281 g/mol. The van der Waals surface area contributed by atoms with Crippen LogP contribution in [-0.4, -0.2) is 23.6 Å². The van der Waals surface area contributed by atoms with E-state index in [1.54, 1.807) is 6.20 Å². The molecule has 21 heavy (non-hydrogen) atoms. The summed E-state index contributed by atoms with van der Waals surface area (Å²) in [5, 5.41) is 2.99. The summed E-state index contributed by atoms with van der Waals surface area (Å²) in [5.41, 5.74) is 3.26. The first kappa shape index (κ1) is 13.6. The molecule has 0 saturated heterocycles. The normalized spacial score (nSPS) is 16.6. The highest BCUT2D eigenvalue weighted by Gasteiger charge is 2.30. The Morgan fingerprint density at radius 3 is 2.90 bits per heavy atom. The average Bonchev–Trinajstić information content (AvgIpc) is 2.84. The number of carbonyl (C=O) groups is 1. The molecule has 1 aromatic carbocycles. The molecule has 2 aromatic rings. The minimum absolute atomic E-state index is 0.0246. The summed E-state index contributed by atoms with van der Waals surface area (Å²) in [7, 11) is 0. The van der Waals surface area contributed by atoms with Crippen LogP contribution in [0.3, 0.4) is 0 Å². The Kier molecular flexibility index (Phi) is 3.86. The van der Waals surface area contributed by atoms with Crippen LogP contribution in [0.25, 0.3) is 0 Å². The van der Waals surface area contributed by atoms with Crippen molar-refractivity contribution < 1.29 is 4.79 Å². The molecule has 1 atom stereocenters. The zero-order valence-electron chi connectivity index (χ0n) is 12.1. The Morgan fingerprint density at radius 2 is 2.10 bits per heavy atom. The van der Waals surface area contributed by atoms with E-state index < -0.39 is 0 Å². The number of pyridine rings is 1. The van der Waals surface area contributed by atoms with Crippen LogP contribution >= 0.6 is 0 Å². The summed E-state index contributed by atoms with van der Waals surface area (Å²) in [6.07, 6.45) is 3.44. The van der Waals surface area contributed by atoms with Crippen LogP contribution in [0.1, 0.15) is 18.2 Å². The van der Waals surface area contributed by atoms with Crippen LogP contribution in [0.5, 0.6) is 0 Å². The largest absolute Gasteiger partial charge is 0.337 e. The first-order valence-corrected chi connectivity index (χ1v) is 7.30. The Labute approximate surface area is 124 Å². The highest BCUT2D eigenvalue weighted by atomic mass is 16.2. The zero-order chi connectivity index (χ0) is 14.7. The van der Waals surface area contributed by atoms with Gasteiger partial charge in [-0.15, -0.1) is 0 Å². The lowest BCUT2D eigenvalue weighted by molar-refractivity contribution is 0.245. The van der Waals surface area contributed by atoms with E-state index in [4.69, 9.17) is 0 Å². The molecule has 3 rings (SSSR count). The lowest BCUT2D eigenvalue weighted by Gasteiger charge is -2.23. The number of amides is 2. The lowest BCUT2D eigenvalue weighted by Crippen LogP contribution is -2.43. The molecule has 1 aromatic heterocycles. The monoisotopic (exact) mass is 281 g/mol. The lowest BCUT2D eigenvalue weighted by atomic mass is 10.1. The molecule has 0 radical (unpaired) electrons. The molecule has 0 unspecified atom stereocenters. The number of para-hydroxylation sites is 1. The first-order valence-electron chi connectivity index (χ1n) is 7.30. The minimum atomic E-state index is -0.0246. The first-order chi connectivity index (χ1) is 10.3. The predicted molar refractivity (Wildman–Crippen MR) is 83.4 cm³/mol. The third-order valence-electron chi connectivity index (χ3n) is 3.81. The molecule has 4 heteroatoms. The summed E-state index contributed by atoms with van der Waals surface area (Å²) in [6.45, 7) is 2.68. The summed E-state index contributed by atoms with van der Waals surface area (Å²) in [4.78, 5) is 18.5. The van der Waals surface area contributed by atoms with Gasteiger partial charge < -0.3 is 5.32 Å². The number of nitrogens with one attached hydrogen (secondary N) is 1. The number of fused-ring (bicyclic) bond motifs is 1. The van der Waals surface area contributed by atoms with Crippen LogP contribution in [-0.2, 0) is 12.8 Å². The third kappa shape index (κ3) is 2.89. The highest BCUT2D eigenvalue weighted by Crippen LogP contribution is 2.31. The van der Waals surface area contributed by atoms with Crippen LogP contribution in [0.15, 0.2) is 48.7 Å². The summed E-state index contributed by atoms with van der Waals surface area (Å²) in [6, 6.07) is 14.1. The quantitative estimate of drug-likeness (QED) is 0.940. The van der Waals surface area contributed by atoms with Crippen molar-refractivity contribution in [2.24, 2.45) is 0 Å². The van der Waals surface area contributed by atoms with Crippen LogP contribution in [0.4, 0.5) is 10.5 Å². The molecule has 4 nitrogen and oxygen atoms in total. The minimum Gasteiger partial charge on any atom is -0.337 e. The molecule has 0 bridgehead atoms. The van der Waals surface area contributed by atoms with E-state index >= 15 is 0 Å². The molecule has 1 aliphatic heterocycles. The van der Waals surface area contributed by atoms with Gasteiger partial charge in [-0.1, -0.05) is 24.3 Å². The van der Waals surface area contributed by atoms with Crippen molar-refractivity contribution in [1.82, 2.24) is 10.3 Å². The highest BCUT2D eigenvalue weighted by molar-refractivity contribution is 5.94. The second kappa shape index (κ2) is 5.95. The van der Waals surface area contributed by atoms with Gasteiger partial charge in [0.25, 0.3) is 0 Å². The topological polar surface area (TPSA) is 45.2 Å². The molecule has 2 amide bonds. The Bertz CT molecular complexity index is 627. The number of anilines is 1. The SMILES string of the molecule is C[C@@H]1Cc2ccccc2N1C(=O)NCCc1ccccn1. The van der Waals surface area contributed by atoms with E-state index in [2.05, 4.69) is 23.3 Å². The molecular weight excluding hydrogens is 262 g/mol. The Balaban J connectivity index is 1.61. The number of urea groups is 1. The summed E-state index contributed by atoms with van der Waals surface area (Å²) in [5.74, 6) is 0. The Hall–Kier alpha value is -2.36. The number of aromatic nitrogens is 1. The molecule has 1 aliphatic rings. The predicted octanol–water partition coefficient (Wildman–Crippen LogP) is 2.78. The number of hydrogen-bond donors (Lipinski definition) is 1. The number of hydrogen-bond acceptors (Lipinski definition) is 2. The van der Waals surface area contributed by atoms with Gasteiger partial charge in [0.1, 0.15) is 0 Å². The van der Waals surface area contributed by atoms with Crippen molar-refractivity contribution in [3.8, 4) is 0 Å². The molecule has 0 fully saturated rings. The zero-order valence-corrected chi connectivity index (χ0v) is 12.1. The van der Waals surface area contributed by atoms with Crippen LogP contribution in [0, 0.1) is 0 Å². The summed E-state index contributed by atoms with van der Waals surface area (Å²) < 4.78 is 0. The van der Waals surface area contributed by atoms with E-state index in [1.807, 2.05) is 41.3 Å². The maximum atomic E-state index is 12.4.